The van der Waals surface area contributed by atoms with Crippen molar-refractivity contribution in [3.63, 3.8) is 0 Å². The fraction of sp³-hybridized carbons (Fsp3) is 0.609. The fourth-order valence-corrected chi connectivity index (χ4v) is 4.87. The summed E-state index contributed by atoms with van der Waals surface area (Å²) in [5.74, 6) is -3.46. The lowest BCUT2D eigenvalue weighted by atomic mass is 9.89. The molecular weight excluding hydrogens is 453 g/mol. The number of carbonyl (C=O) groups is 2. The lowest BCUT2D eigenvalue weighted by Gasteiger charge is -2.43. The van der Waals surface area contributed by atoms with Crippen LogP contribution in [-0.2, 0) is 20.8 Å². The van der Waals surface area contributed by atoms with Gasteiger partial charge in [0.1, 0.15) is 23.0 Å². The van der Waals surface area contributed by atoms with E-state index in [1.54, 1.807) is 4.90 Å². The smallest absolute Gasteiger partial charge is 0.410 e. The Bertz CT molecular complexity index is 974. The first-order valence-electron chi connectivity index (χ1n) is 11.3. The number of nitrogens with zero attached hydrogens (tertiary/aromatic N) is 4. The van der Waals surface area contributed by atoms with E-state index >= 15 is 0 Å². The van der Waals surface area contributed by atoms with Crippen LogP contribution in [0.1, 0.15) is 25.3 Å². The average molecular weight is 480 g/mol. The molecule has 34 heavy (non-hydrogen) atoms. The van der Waals surface area contributed by atoms with Gasteiger partial charge in [-0.25, -0.2) is 18.0 Å². The third kappa shape index (κ3) is 4.83. The minimum Gasteiger partial charge on any atom is -0.436 e. The van der Waals surface area contributed by atoms with Gasteiger partial charge in [0, 0.05) is 57.0 Å². The predicted octanol–water partition coefficient (Wildman–Crippen LogP) is 2.28. The third-order valence-electron chi connectivity index (χ3n) is 6.70. The summed E-state index contributed by atoms with van der Waals surface area (Å²) in [7, 11) is 0. The number of carbonyl (C=O) groups excluding carboxylic acids is 2. The molecule has 0 aliphatic carbocycles. The van der Waals surface area contributed by atoms with Gasteiger partial charge in [-0.05, 0) is 18.8 Å². The van der Waals surface area contributed by atoms with Gasteiger partial charge in [-0.1, -0.05) is 6.92 Å². The highest BCUT2D eigenvalue weighted by Crippen LogP contribution is 2.34. The van der Waals surface area contributed by atoms with Crippen molar-refractivity contribution in [2.45, 2.75) is 38.0 Å². The summed E-state index contributed by atoms with van der Waals surface area (Å²) < 4.78 is 52.3. The minimum absolute atomic E-state index is 0.0218. The summed E-state index contributed by atoms with van der Waals surface area (Å²) in [4.78, 5) is 30.5. The molecule has 8 nitrogen and oxygen atoms in total. The van der Waals surface area contributed by atoms with Gasteiger partial charge >= 0.3 is 6.09 Å². The SMILES string of the molecule is CC1CC(OC(=O)N2CCOCC2)C(=O)N(C2(C#N)CCN(Cc3c(F)cc(F)cc3F)C2)C1. The average Bonchev–Trinajstić information content (AvgIpc) is 3.23. The van der Waals surface area contributed by atoms with Gasteiger partial charge in [-0.3, -0.25) is 9.69 Å². The van der Waals surface area contributed by atoms with Crippen LogP contribution in [0.4, 0.5) is 18.0 Å². The normalized spacial score (nSPS) is 28.1. The van der Waals surface area contributed by atoms with Crippen LogP contribution in [0.2, 0.25) is 0 Å². The van der Waals surface area contributed by atoms with Crippen molar-refractivity contribution < 1.29 is 32.2 Å². The summed E-state index contributed by atoms with van der Waals surface area (Å²) in [6.45, 7) is 4.02. The zero-order valence-electron chi connectivity index (χ0n) is 18.9. The first-order chi connectivity index (χ1) is 16.2. The molecule has 0 saturated carbocycles. The van der Waals surface area contributed by atoms with Gasteiger partial charge in [-0.15, -0.1) is 0 Å². The molecular formula is C23H27F3N4O4. The predicted molar refractivity (Wildman–Crippen MR) is 113 cm³/mol. The Morgan fingerprint density at radius 2 is 1.91 bits per heavy atom. The zero-order chi connectivity index (χ0) is 24.5. The van der Waals surface area contributed by atoms with Gasteiger partial charge < -0.3 is 19.3 Å². The van der Waals surface area contributed by atoms with Crippen LogP contribution in [0.25, 0.3) is 0 Å². The molecule has 0 spiro atoms. The highest BCUT2D eigenvalue weighted by Gasteiger charge is 2.50. The lowest BCUT2D eigenvalue weighted by molar-refractivity contribution is -0.152. The second kappa shape index (κ2) is 9.80. The Morgan fingerprint density at radius 1 is 1.24 bits per heavy atom. The number of nitriles is 1. The number of benzene rings is 1. The Labute approximate surface area is 195 Å². The van der Waals surface area contributed by atoms with Crippen molar-refractivity contribution in [1.29, 1.82) is 5.26 Å². The molecule has 0 bridgehead atoms. The van der Waals surface area contributed by atoms with Gasteiger partial charge in [0.15, 0.2) is 6.10 Å². The molecule has 1 aromatic rings. The minimum atomic E-state index is -1.22. The quantitative estimate of drug-likeness (QED) is 0.658. The van der Waals surface area contributed by atoms with Gasteiger partial charge in [0.25, 0.3) is 5.91 Å². The lowest BCUT2D eigenvalue weighted by Crippen LogP contribution is -2.60. The van der Waals surface area contributed by atoms with Crippen molar-refractivity contribution in [2.24, 2.45) is 5.92 Å². The van der Waals surface area contributed by atoms with Crippen LogP contribution in [-0.4, -0.2) is 84.3 Å². The van der Waals surface area contributed by atoms with E-state index in [9.17, 15) is 28.0 Å². The molecule has 3 heterocycles. The van der Waals surface area contributed by atoms with Gasteiger partial charge in [0.05, 0.1) is 19.3 Å². The first kappa shape index (κ1) is 24.3. The Hall–Kier alpha value is -2.84. The van der Waals surface area contributed by atoms with E-state index in [1.165, 1.54) is 9.80 Å². The summed E-state index contributed by atoms with van der Waals surface area (Å²) >= 11 is 0. The van der Waals surface area contributed by atoms with E-state index in [1.807, 2.05) is 6.92 Å². The molecule has 4 rings (SSSR count). The van der Waals surface area contributed by atoms with Crippen LogP contribution in [0.3, 0.4) is 0 Å². The molecule has 184 valence electrons. The largest absolute Gasteiger partial charge is 0.436 e. The fourth-order valence-electron chi connectivity index (χ4n) is 4.87. The third-order valence-corrected chi connectivity index (χ3v) is 6.70. The summed E-state index contributed by atoms with van der Waals surface area (Å²) in [5.41, 5.74) is -1.51. The molecule has 3 aliphatic heterocycles. The van der Waals surface area contributed by atoms with Crippen molar-refractivity contribution in [3.05, 3.63) is 35.1 Å². The number of piperidine rings is 1. The van der Waals surface area contributed by atoms with Crippen molar-refractivity contribution >= 4 is 12.0 Å². The summed E-state index contributed by atoms with van der Waals surface area (Å²) in [6.07, 6.45) is -0.971. The molecule has 1 aromatic carbocycles. The summed E-state index contributed by atoms with van der Waals surface area (Å²) in [5, 5.41) is 10.1. The zero-order valence-corrected chi connectivity index (χ0v) is 18.9. The number of hydrogen-bond acceptors (Lipinski definition) is 6. The highest BCUT2D eigenvalue weighted by atomic mass is 19.1. The Kier molecular flexibility index (Phi) is 7.00. The molecule has 3 unspecified atom stereocenters. The molecule has 0 N–H and O–H groups in total. The van der Waals surface area contributed by atoms with Crippen molar-refractivity contribution in [3.8, 4) is 6.07 Å². The van der Waals surface area contributed by atoms with Crippen LogP contribution in [0, 0.1) is 34.7 Å². The van der Waals surface area contributed by atoms with E-state index in [2.05, 4.69) is 6.07 Å². The van der Waals surface area contributed by atoms with E-state index in [4.69, 9.17) is 9.47 Å². The molecule has 0 aromatic heterocycles. The molecule has 11 heteroatoms. The number of amides is 2. The first-order valence-corrected chi connectivity index (χ1v) is 11.3. The number of ether oxygens (including phenoxy) is 2. The number of hydrogen-bond donors (Lipinski definition) is 0. The molecule has 3 aliphatic rings. The standard InChI is InChI=1S/C23H27F3N4O4/c1-15-8-20(34-22(32)29-4-6-33-7-5-29)21(31)30(11-15)23(13-27)2-3-28(14-23)12-17-18(25)9-16(24)10-19(17)26/h9-10,15,20H,2-8,11-12,14H2,1H3. The molecule has 3 fully saturated rings. The van der Waals surface area contributed by atoms with Gasteiger partial charge in [0.2, 0.25) is 0 Å². The molecule has 3 atom stereocenters. The second-order valence-electron chi connectivity index (χ2n) is 9.21. The van der Waals surface area contributed by atoms with E-state index in [-0.39, 0.29) is 31.0 Å². The number of halogens is 3. The van der Waals surface area contributed by atoms with Crippen LogP contribution in [0.5, 0.6) is 0 Å². The topological polar surface area (TPSA) is 86.1 Å². The maximum atomic E-state index is 14.1. The monoisotopic (exact) mass is 480 g/mol. The van der Waals surface area contributed by atoms with E-state index < -0.39 is 41.1 Å². The van der Waals surface area contributed by atoms with E-state index in [0.717, 1.165) is 0 Å². The molecule has 2 amide bonds. The molecule has 0 radical (unpaired) electrons. The van der Waals surface area contributed by atoms with Gasteiger partial charge in [-0.2, -0.15) is 5.26 Å². The number of rotatable bonds is 4. The maximum absolute atomic E-state index is 14.1. The van der Waals surface area contributed by atoms with Crippen molar-refractivity contribution in [1.82, 2.24) is 14.7 Å². The van der Waals surface area contributed by atoms with Crippen molar-refractivity contribution in [2.75, 3.05) is 45.9 Å². The molecule has 3 saturated heterocycles. The summed E-state index contributed by atoms with van der Waals surface area (Å²) in [6, 6.07) is 3.48. The van der Waals surface area contributed by atoms with Crippen LogP contribution < -0.4 is 0 Å². The number of morpholine rings is 1. The van der Waals surface area contributed by atoms with E-state index in [0.29, 0.717) is 57.9 Å². The van der Waals surface area contributed by atoms with Crippen LogP contribution >= 0.6 is 0 Å². The Balaban J connectivity index is 1.47. The number of likely N-dealkylation sites (tertiary alicyclic amines) is 2. The maximum Gasteiger partial charge on any atom is 0.410 e. The second-order valence-corrected chi connectivity index (χ2v) is 9.21. The Morgan fingerprint density at radius 3 is 2.56 bits per heavy atom. The highest BCUT2D eigenvalue weighted by molar-refractivity contribution is 5.85. The van der Waals surface area contributed by atoms with Crippen LogP contribution in [0.15, 0.2) is 12.1 Å².